The molecule has 1 aromatic carbocycles. The average molecular weight is 215 g/mol. The van der Waals surface area contributed by atoms with Crippen molar-refractivity contribution in [3.05, 3.63) is 70.1 Å². The molecular weight excluding hydrogens is 202 g/mol. The van der Waals surface area contributed by atoms with Gasteiger partial charge in [-0.3, -0.25) is 4.79 Å². The molecule has 16 heavy (non-hydrogen) atoms. The monoisotopic (exact) mass is 215 g/mol. The number of hydrogen-bond donors (Lipinski definition) is 0. The highest BCUT2D eigenvalue weighted by atomic mass is 16.7. The third kappa shape index (κ3) is 2.51. The highest BCUT2D eigenvalue weighted by molar-refractivity contribution is 5.21. The predicted molar refractivity (Wildman–Crippen MR) is 62.2 cm³/mol. The van der Waals surface area contributed by atoms with Crippen molar-refractivity contribution in [1.82, 2.24) is 4.73 Å². The van der Waals surface area contributed by atoms with Crippen LogP contribution in [0.2, 0.25) is 0 Å². The van der Waals surface area contributed by atoms with Crippen molar-refractivity contribution in [1.29, 1.82) is 0 Å². The normalized spacial score (nSPS) is 10.1. The van der Waals surface area contributed by atoms with Gasteiger partial charge in [0.05, 0.1) is 0 Å². The number of pyridine rings is 1. The van der Waals surface area contributed by atoms with E-state index in [1.165, 1.54) is 16.4 Å². The summed E-state index contributed by atoms with van der Waals surface area (Å²) in [5.74, 6) is 0. The Morgan fingerprint density at radius 2 is 2.06 bits per heavy atom. The van der Waals surface area contributed by atoms with E-state index in [9.17, 15) is 4.79 Å². The standard InChI is InChI=1S/C13H13NO2/c1-11-5-4-6-12(9-11)10-16-14-8-3-2-7-13(14)15/h2-9H,10H2,1H3. The smallest absolute Gasteiger partial charge is 0.282 e. The van der Waals surface area contributed by atoms with Gasteiger partial charge in [0, 0.05) is 12.3 Å². The zero-order valence-electron chi connectivity index (χ0n) is 9.09. The summed E-state index contributed by atoms with van der Waals surface area (Å²) in [4.78, 5) is 16.7. The highest BCUT2D eigenvalue weighted by Crippen LogP contribution is 2.03. The van der Waals surface area contributed by atoms with Crippen LogP contribution in [0.25, 0.3) is 0 Å². The van der Waals surface area contributed by atoms with Crippen LogP contribution < -0.4 is 10.4 Å². The van der Waals surface area contributed by atoms with Gasteiger partial charge in [0.25, 0.3) is 5.56 Å². The average Bonchev–Trinajstić information content (AvgIpc) is 2.28. The van der Waals surface area contributed by atoms with Gasteiger partial charge in [-0.25, -0.2) is 0 Å². The van der Waals surface area contributed by atoms with Crippen LogP contribution in [0.1, 0.15) is 11.1 Å². The molecule has 0 aliphatic rings. The van der Waals surface area contributed by atoms with Crippen molar-refractivity contribution < 1.29 is 4.84 Å². The number of rotatable bonds is 3. The summed E-state index contributed by atoms with van der Waals surface area (Å²) in [5.41, 5.74) is 2.08. The minimum atomic E-state index is -0.157. The Hall–Kier alpha value is -2.03. The molecule has 0 amide bonds. The topological polar surface area (TPSA) is 31.2 Å². The summed E-state index contributed by atoms with van der Waals surface area (Å²) in [7, 11) is 0. The maximum absolute atomic E-state index is 11.3. The lowest BCUT2D eigenvalue weighted by Crippen LogP contribution is -2.24. The van der Waals surface area contributed by atoms with E-state index in [-0.39, 0.29) is 5.56 Å². The van der Waals surface area contributed by atoms with Crippen molar-refractivity contribution in [3.63, 3.8) is 0 Å². The summed E-state index contributed by atoms with van der Waals surface area (Å²) in [6, 6.07) is 12.9. The first-order valence-electron chi connectivity index (χ1n) is 5.12. The fourth-order valence-corrected chi connectivity index (χ4v) is 1.47. The number of nitrogens with zero attached hydrogens (tertiary/aromatic N) is 1. The molecule has 1 aromatic heterocycles. The molecule has 0 bridgehead atoms. The lowest BCUT2D eigenvalue weighted by atomic mass is 10.1. The van der Waals surface area contributed by atoms with Crippen molar-refractivity contribution in [3.8, 4) is 0 Å². The van der Waals surface area contributed by atoms with E-state index >= 15 is 0 Å². The van der Waals surface area contributed by atoms with Crippen LogP contribution in [0.4, 0.5) is 0 Å². The first-order valence-corrected chi connectivity index (χ1v) is 5.12. The largest absolute Gasteiger partial charge is 0.406 e. The fourth-order valence-electron chi connectivity index (χ4n) is 1.47. The van der Waals surface area contributed by atoms with E-state index in [4.69, 9.17) is 4.84 Å². The van der Waals surface area contributed by atoms with Crippen LogP contribution in [0.5, 0.6) is 0 Å². The molecule has 0 N–H and O–H groups in total. The second-order valence-corrected chi connectivity index (χ2v) is 3.63. The second-order valence-electron chi connectivity index (χ2n) is 3.63. The lowest BCUT2D eigenvalue weighted by molar-refractivity contribution is 0.0891. The first-order chi connectivity index (χ1) is 7.75. The Bertz CT molecular complexity index is 531. The van der Waals surface area contributed by atoms with Crippen molar-refractivity contribution in [2.24, 2.45) is 0 Å². The van der Waals surface area contributed by atoms with E-state index < -0.39 is 0 Å². The van der Waals surface area contributed by atoms with Gasteiger partial charge < -0.3 is 4.84 Å². The maximum Gasteiger partial charge on any atom is 0.282 e. The van der Waals surface area contributed by atoms with Gasteiger partial charge in [0.15, 0.2) is 0 Å². The van der Waals surface area contributed by atoms with Crippen LogP contribution in [0.15, 0.2) is 53.5 Å². The molecule has 0 atom stereocenters. The zero-order valence-corrected chi connectivity index (χ0v) is 9.09. The zero-order chi connectivity index (χ0) is 11.4. The molecule has 0 unspecified atom stereocenters. The Morgan fingerprint density at radius 3 is 2.81 bits per heavy atom. The summed E-state index contributed by atoms with van der Waals surface area (Å²) in [6.07, 6.45) is 1.61. The van der Waals surface area contributed by atoms with Gasteiger partial charge in [-0.2, -0.15) is 4.73 Å². The molecule has 0 saturated carbocycles. The van der Waals surface area contributed by atoms with Gasteiger partial charge in [-0.05, 0) is 18.6 Å². The van der Waals surface area contributed by atoms with Crippen LogP contribution in [0, 0.1) is 6.92 Å². The number of aromatic nitrogens is 1. The number of aryl methyl sites for hydroxylation is 1. The minimum absolute atomic E-state index is 0.157. The Morgan fingerprint density at radius 1 is 1.19 bits per heavy atom. The summed E-state index contributed by atoms with van der Waals surface area (Å²) in [6.45, 7) is 2.42. The van der Waals surface area contributed by atoms with Gasteiger partial charge in [0.2, 0.25) is 0 Å². The molecule has 3 nitrogen and oxygen atoms in total. The number of benzene rings is 1. The lowest BCUT2D eigenvalue weighted by Gasteiger charge is -2.07. The molecule has 3 heteroatoms. The Balaban J connectivity index is 2.08. The van der Waals surface area contributed by atoms with Gasteiger partial charge in [-0.1, -0.05) is 35.9 Å². The molecule has 0 spiro atoms. The molecule has 82 valence electrons. The molecular formula is C13H13NO2. The SMILES string of the molecule is Cc1cccc(COn2ccccc2=O)c1. The van der Waals surface area contributed by atoms with Gasteiger partial charge in [0.1, 0.15) is 6.61 Å². The van der Waals surface area contributed by atoms with Gasteiger partial charge in [-0.15, -0.1) is 0 Å². The quantitative estimate of drug-likeness (QED) is 0.781. The van der Waals surface area contributed by atoms with E-state index in [1.807, 2.05) is 31.2 Å². The van der Waals surface area contributed by atoms with E-state index in [1.54, 1.807) is 18.3 Å². The minimum Gasteiger partial charge on any atom is -0.406 e. The van der Waals surface area contributed by atoms with Gasteiger partial charge >= 0.3 is 0 Å². The molecule has 0 saturated heterocycles. The maximum atomic E-state index is 11.3. The third-order valence-electron chi connectivity index (χ3n) is 2.24. The first kappa shape index (κ1) is 10.5. The van der Waals surface area contributed by atoms with E-state index in [2.05, 4.69) is 0 Å². The molecule has 2 aromatic rings. The second kappa shape index (κ2) is 4.66. The molecule has 0 aliphatic carbocycles. The Kier molecular flexibility index (Phi) is 3.05. The molecule has 0 aliphatic heterocycles. The van der Waals surface area contributed by atoms with Crippen molar-refractivity contribution in [2.45, 2.75) is 13.5 Å². The molecule has 1 heterocycles. The van der Waals surface area contributed by atoms with Crippen LogP contribution in [-0.2, 0) is 6.61 Å². The third-order valence-corrected chi connectivity index (χ3v) is 2.24. The summed E-state index contributed by atoms with van der Waals surface area (Å²) < 4.78 is 1.24. The predicted octanol–water partition coefficient (Wildman–Crippen LogP) is 1.79. The fraction of sp³-hybridized carbons (Fsp3) is 0.154. The van der Waals surface area contributed by atoms with Crippen LogP contribution in [0.3, 0.4) is 0 Å². The van der Waals surface area contributed by atoms with Crippen molar-refractivity contribution in [2.75, 3.05) is 0 Å². The summed E-state index contributed by atoms with van der Waals surface area (Å²) in [5, 5.41) is 0. The Labute approximate surface area is 93.9 Å². The highest BCUT2D eigenvalue weighted by Gasteiger charge is 1.96. The van der Waals surface area contributed by atoms with E-state index in [0.29, 0.717) is 6.61 Å². The van der Waals surface area contributed by atoms with Crippen LogP contribution >= 0.6 is 0 Å². The van der Waals surface area contributed by atoms with Crippen molar-refractivity contribution >= 4 is 0 Å². The van der Waals surface area contributed by atoms with Crippen LogP contribution in [-0.4, -0.2) is 4.73 Å². The molecule has 0 radical (unpaired) electrons. The van der Waals surface area contributed by atoms with E-state index in [0.717, 1.165) is 5.56 Å². The molecule has 2 rings (SSSR count). The number of hydrogen-bond acceptors (Lipinski definition) is 2. The summed E-state index contributed by atoms with van der Waals surface area (Å²) >= 11 is 0. The molecule has 0 fully saturated rings.